The maximum Gasteiger partial charge on any atom is 0.246 e. The molecule has 1 rings (SSSR count). The number of allylic oxidation sites excluding steroid dienone is 1. The number of hydrogen-bond donors (Lipinski definition) is 2. The first-order chi connectivity index (χ1) is 7.24. The third kappa shape index (κ3) is 4.30. The summed E-state index contributed by atoms with van der Waals surface area (Å²) in [6.45, 7) is 6.53. The van der Waals surface area contributed by atoms with E-state index < -0.39 is 0 Å². The van der Waals surface area contributed by atoms with E-state index in [2.05, 4.69) is 16.7 Å². The molecule has 0 saturated carbocycles. The molecule has 2 N–H and O–H groups in total. The van der Waals surface area contributed by atoms with Gasteiger partial charge in [0.2, 0.25) is 5.91 Å². The van der Waals surface area contributed by atoms with E-state index in [9.17, 15) is 4.79 Å². The normalized spacial score (nSPS) is 17.2. The molecule has 0 aromatic rings. The van der Waals surface area contributed by atoms with Gasteiger partial charge in [-0.3, -0.25) is 4.79 Å². The van der Waals surface area contributed by atoms with Gasteiger partial charge in [0.05, 0.1) is 0 Å². The SMILES string of the molecule is CC/C=C(/C)C(=O)NCC1=CCNCC1. The largest absolute Gasteiger partial charge is 0.349 e. The van der Waals surface area contributed by atoms with Crippen molar-refractivity contribution in [2.45, 2.75) is 26.7 Å². The average molecular weight is 208 g/mol. The lowest BCUT2D eigenvalue weighted by atomic mass is 10.1. The maximum absolute atomic E-state index is 11.6. The number of amides is 1. The fraction of sp³-hybridized carbons (Fsp3) is 0.583. The van der Waals surface area contributed by atoms with Crippen LogP contribution in [0.5, 0.6) is 0 Å². The zero-order chi connectivity index (χ0) is 11.1. The van der Waals surface area contributed by atoms with Crippen LogP contribution < -0.4 is 10.6 Å². The molecule has 0 spiro atoms. The first kappa shape index (κ1) is 12.0. The lowest BCUT2D eigenvalue weighted by Crippen LogP contribution is -2.30. The van der Waals surface area contributed by atoms with Gasteiger partial charge in [-0.25, -0.2) is 0 Å². The maximum atomic E-state index is 11.6. The minimum Gasteiger partial charge on any atom is -0.349 e. The molecule has 0 unspecified atom stereocenters. The van der Waals surface area contributed by atoms with E-state index >= 15 is 0 Å². The second-order valence-electron chi connectivity index (χ2n) is 3.79. The number of carbonyl (C=O) groups is 1. The zero-order valence-corrected chi connectivity index (χ0v) is 9.60. The van der Waals surface area contributed by atoms with Crippen LogP contribution in [0.3, 0.4) is 0 Å². The Morgan fingerprint density at radius 1 is 1.67 bits per heavy atom. The second-order valence-corrected chi connectivity index (χ2v) is 3.79. The van der Waals surface area contributed by atoms with E-state index in [1.807, 2.05) is 19.9 Å². The molecule has 3 nitrogen and oxygen atoms in total. The average Bonchev–Trinajstić information content (AvgIpc) is 2.27. The van der Waals surface area contributed by atoms with Crippen molar-refractivity contribution in [3.8, 4) is 0 Å². The zero-order valence-electron chi connectivity index (χ0n) is 9.60. The van der Waals surface area contributed by atoms with E-state index in [1.54, 1.807) is 0 Å². The molecular weight excluding hydrogens is 188 g/mol. The van der Waals surface area contributed by atoms with Gasteiger partial charge < -0.3 is 10.6 Å². The van der Waals surface area contributed by atoms with Gasteiger partial charge in [0.25, 0.3) is 0 Å². The van der Waals surface area contributed by atoms with Gasteiger partial charge in [0.1, 0.15) is 0 Å². The van der Waals surface area contributed by atoms with E-state index in [0.717, 1.165) is 31.5 Å². The highest BCUT2D eigenvalue weighted by Crippen LogP contribution is 2.03. The molecule has 0 atom stereocenters. The molecule has 0 saturated heterocycles. The first-order valence-corrected chi connectivity index (χ1v) is 5.57. The first-order valence-electron chi connectivity index (χ1n) is 5.57. The number of nitrogens with one attached hydrogen (secondary N) is 2. The Morgan fingerprint density at radius 2 is 2.47 bits per heavy atom. The van der Waals surface area contributed by atoms with Crippen molar-refractivity contribution in [1.29, 1.82) is 0 Å². The van der Waals surface area contributed by atoms with Gasteiger partial charge in [-0.1, -0.05) is 24.6 Å². The quantitative estimate of drug-likeness (QED) is 0.541. The van der Waals surface area contributed by atoms with Gasteiger partial charge in [0.15, 0.2) is 0 Å². The molecule has 0 radical (unpaired) electrons. The predicted octanol–water partition coefficient (Wildman–Crippen LogP) is 1.38. The Hall–Kier alpha value is -1.09. The Balaban J connectivity index is 2.33. The van der Waals surface area contributed by atoms with Crippen LogP contribution in [0.25, 0.3) is 0 Å². The van der Waals surface area contributed by atoms with Crippen molar-refractivity contribution in [1.82, 2.24) is 10.6 Å². The lowest BCUT2D eigenvalue weighted by molar-refractivity contribution is -0.117. The van der Waals surface area contributed by atoms with E-state index in [-0.39, 0.29) is 5.91 Å². The summed E-state index contributed by atoms with van der Waals surface area (Å²) in [5.41, 5.74) is 2.14. The highest BCUT2D eigenvalue weighted by Gasteiger charge is 2.06. The summed E-state index contributed by atoms with van der Waals surface area (Å²) in [4.78, 5) is 11.6. The number of hydrogen-bond acceptors (Lipinski definition) is 2. The van der Waals surface area contributed by atoms with Crippen LogP contribution >= 0.6 is 0 Å². The Kier molecular flexibility index (Phi) is 5.12. The molecule has 1 amide bonds. The smallest absolute Gasteiger partial charge is 0.246 e. The highest BCUT2D eigenvalue weighted by atomic mass is 16.1. The number of carbonyl (C=O) groups excluding carboxylic acids is 1. The second kappa shape index (κ2) is 6.40. The summed E-state index contributed by atoms with van der Waals surface area (Å²) in [6.07, 6.45) is 6.05. The molecule has 1 aliphatic heterocycles. The van der Waals surface area contributed by atoms with Gasteiger partial charge in [-0.05, 0) is 26.3 Å². The fourth-order valence-corrected chi connectivity index (χ4v) is 1.56. The van der Waals surface area contributed by atoms with Crippen LogP contribution in [0.2, 0.25) is 0 Å². The summed E-state index contributed by atoms with van der Waals surface area (Å²) in [5, 5.41) is 6.18. The molecule has 1 aliphatic rings. The molecule has 0 aliphatic carbocycles. The van der Waals surface area contributed by atoms with Crippen LogP contribution in [-0.4, -0.2) is 25.5 Å². The van der Waals surface area contributed by atoms with Gasteiger partial charge in [0, 0.05) is 18.7 Å². The standard InChI is InChI=1S/C12H20N2O/c1-3-4-10(2)12(15)14-9-11-5-7-13-8-6-11/h4-5,13H,3,6-9H2,1-2H3,(H,14,15)/b10-4-. The lowest BCUT2D eigenvalue weighted by Gasteiger charge is -2.14. The predicted molar refractivity (Wildman–Crippen MR) is 62.6 cm³/mol. The summed E-state index contributed by atoms with van der Waals surface area (Å²) in [7, 11) is 0. The van der Waals surface area contributed by atoms with Crippen LogP contribution in [0.1, 0.15) is 26.7 Å². The summed E-state index contributed by atoms with van der Waals surface area (Å²) in [5.74, 6) is 0.0521. The summed E-state index contributed by atoms with van der Waals surface area (Å²) >= 11 is 0. The van der Waals surface area contributed by atoms with E-state index in [0.29, 0.717) is 6.54 Å². The van der Waals surface area contributed by atoms with Gasteiger partial charge in [-0.2, -0.15) is 0 Å². The topological polar surface area (TPSA) is 41.1 Å². The Bertz CT molecular complexity index is 279. The summed E-state index contributed by atoms with van der Waals surface area (Å²) in [6, 6.07) is 0. The van der Waals surface area contributed by atoms with Crippen LogP contribution in [0.15, 0.2) is 23.3 Å². The molecule has 1 heterocycles. The molecule has 0 bridgehead atoms. The Labute approximate surface area is 91.6 Å². The third-order valence-corrected chi connectivity index (χ3v) is 2.50. The molecule has 84 valence electrons. The van der Waals surface area contributed by atoms with E-state index in [4.69, 9.17) is 0 Å². The molecule has 3 heteroatoms. The van der Waals surface area contributed by atoms with Crippen LogP contribution in [-0.2, 0) is 4.79 Å². The third-order valence-electron chi connectivity index (χ3n) is 2.50. The van der Waals surface area contributed by atoms with Crippen molar-refractivity contribution in [2.75, 3.05) is 19.6 Å². The van der Waals surface area contributed by atoms with Crippen LogP contribution in [0.4, 0.5) is 0 Å². The summed E-state index contributed by atoms with van der Waals surface area (Å²) < 4.78 is 0. The molecule has 0 fully saturated rings. The van der Waals surface area contributed by atoms with Gasteiger partial charge in [-0.15, -0.1) is 0 Å². The highest BCUT2D eigenvalue weighted by molar-refractivity contribution is 5.92. The van der Waals surface area contributed by atoms with Crippen molar-refractivity contribution in [2.24, 2.45) is 0 Å². The van der Waals surface area contributed by atoms with Gasteiger partial charge >= 0.3 is 0 Å². The number of rotatable bonds is 4. The molecular formula is C12H20N2O. The monoisotopic (exact) mass is 208 g/mol. The fourth-order valence-electron chi connectivity index (χ4n) is 1.56. The molecule has 0 aromatic heterocycles. The van der Waals surface area contributed by atoms with Crippen LogP contribution in [0, 0.1) is 0 Å². The van der Waals surface area contributed by atoms with Crippen molar-refractivity contribution in [3.05, 3.63) is 23.3 Å². The van der Waals surface area contributed by atoms with Crippen molar-refractivity contribution in [3.63, 3.8) is 0 Å². The molecule has 0 aromatic carbocycles. The minimum atomic E-state index is 0.0521. The molecule has 15 heavy (non-hydrogen) atoms. The Morgan fingerprint density at radius 3 is 3.07 bits per heavy atom. The minimum absolute atomic E-state index is 0.0521. The van der Waals surface area contributed by atoms with Crippen molar-refractivity contribution >= 4 is 5.91 Å². The van der Waals surface area contributed by atoms with E-state index in [1.165, 1.54) is 5.57 Å². The van der Waals surface area contributed by atoms with Crippen molar-refractivity contribution < 1.29 is 4.79 Å².